The number of alkyl halides is 4. The first-order valence-electron chi connectivity index (χ1n) is 11.6. The molecule has 3 aromatic heterocycles. The summed E-state index contributed by atoms with van der Waals surface area (Å²) < 4.78 is 54.7. The summed E-state index contributed by atoms with van der Waals surface area (Å²) in [6.45, 7) is 1.82. The molecule has 0 bridgehead atoms. The lowest BCUT2D eigenvalue weighted by molar-refractivity contribution is -0.138. The summed E-state index contributed by atoms with van der Waals surface area (Å²) >= 11 is 0. The third-order valence-electron chi connectivity index (χ3n) is 6.78. The monoisotopic (exact) mass is 499 g/mol. The summed E-state index contributed by atoms with van der Waals surface area (Å²) in [5.74, 6) is 0.0573. The van der Waals surface area contributed by atoms with Crippen molar-refractivity contribution in [2.75, 3.05) is 31.1 Å². The molecule has 1 amide bonds. The van der Waals surface area contributed by atoms with Crippen molar-refractivity contribution in [3.8, 4) is 11.5 Å². The molecule has 1 saturated heterocycles. The second-order valence-corrected chi connectivity index (χ2v) is 9.08. The van der Waals surface area contributed by atoms with Crippen LogP contribution in [0, 0.1) is 5.92 Å². The standard InChI is InChI=1S/C24H21F4N7O/c25-17-9-16(17)23(36)34-8-7-33(13-19(34)14-3-5-29-10-14)21-4-6-30-22(32-21)18-11-31-20-2-1-15(12-35(18)20)24(26,27)28/h1-4,6,10-12,16-17,19H,5,7-9,13H2/t16-,17+,19?/m1/s1. The van der Waals surface area contributed by atoms with Gasteiger partial charge in [-0.2, -0.15) is 13.2 Å². The molecule has 186 valence electrons. The second-order valence-electron chi connectivity index (χ2n) is 9.08. The zero-order valence-corrected chi connectivity index (χ0v) is 18.9. The average molecular weight is 499 g/mol. The maximum Gasteiger partial charge on any atom is 0.417 e. The minimum atomic E-state index is -4.49. The van der Waals surface area contributed by atoms with Crippen LogP contribution in [0.2, 0.25) is 0 Å². The summed E-state index contributed by atoms with van der Waals surface area (Å²) in [5.41, 5.74) is 0.779. The van der Waals surface area contributed by atoms with E-state index in [0.717, 1.165) is 17.8 Å². The van der Waals surface area contributed by atoms with Crippen molar-refractivity contribution in [2.24, 2.45) is 10.9 Å². The van der Waals surface area contributed by atoms with E-state index in [2.05, 4.69) is 19.9 Å². The van der Waals surface area contributed by atoms with Crippen LogP contribution in [0.4, 0.5) is 23.4 Å². The number of halogens is 4. The smallest absolute Gasteiger partial charge is 0.352 e. The molecule has 0 radical (unpaired) electrons. The molecule has 12 heteroatoms. The third kappa shape index (κ3) is 3.99. The van der Waals surface area contributed by atoms with Crippen molar-refractivity contribution in [3.05, 3.63) is 54.0 Å². The fourth-order valence-electron chi connectivity index (χ4n) is 4.73. The van der Waals surface area contributed by atoms with E-state index in [1.54, 1.807) is 23.4 Å². The van der Waals surface area contributed by atoms with Gasteiger partial charge in [-0.3, -0.25) is 14.2 Å². The maximum atomic E-state index is 13.6. The highest BCUT2D eigenvalue weighted by atomic mass is 19.4. The van der Waals surface area contributed by atoms with E-state index in [-0.39, 0.29) is 24.2 Å². The van der Waals surface area contributed by atoms with Crippen molar-refractivity contribution in [1.82, 2.24) is 24.3 Å². The lowest BCUT2D eigenvalue weighted by Crippen LogP contribution is -2.56. The lowest BCUT2D eigenvalue weighted by Gasteiger charge is -2.42. The number of imidazole rings is 1. The number of aromatic nitrogens is 4. The molecule has 3 aromatic rings. The van der Waals surface area contributed by atoms with E-state index in [1.807, 2.05) is 11.0 Å². The normalized spacial score (nSPS) is 23.9. The van der Waals surface area contributed by atoms with Gasteiger partial charge in [-0.05, 0) is 30.2 Å². The first kappa shape index (κ1) is 22.6. The first-order chi connectivity index (χ1) is 17.3. The lowest BCUT2D eigenvalue weighted by atomic mass is 10.0. The van der Waals surface area contributed by atoms with Crippen LogP contribution in [-0.4, -0.2) is 74.8 Å². The van der Waals surface area contributed by atoms with E-state index in [0.29, 0.717) is 43.3 Å². The van der Waals surface area contributed by atoms with Crippen LogP contribution in [0.15, 0.2) is 53.4 Å². The van der Waals surface area contributed by atoms with Gasteiger partial charge in [-0.1, -0.05) is 6.08 Å². The predicted molar refractivity (Wildman–Crippen MR) is 123 cm³/mol. The molecule has 8 nitrogen and oxygen atoms in total. The molecular formula is C24H21F4N7O. The van der Waals surface area contributed by atoms with Crippen LogP contribution < -0.4 is 4.90 Å². The molecule has 1 saturated carbocycles. The molecule has 0 spiro atoms. The van der Waals surface area contributed by atoms with Gasteiger partial charge in [-0.15, -0.1) is 0 Å². The Hall–Kier alpha value is -3.83. The molecule has 1 unspecified atom stereocenters. The van der Waals surface area contributed by atoms with Gasteiger partial charge in [0.2, 0.25) is 5.91 Å². The fourth-order valence-corrected chi connectivity index (χ4v) is 4.73. The number of carbonyl (C=O) groups excluding carboxylic acids is 1. The number of hydrogen-bond acceptors (Lipinski definition) is 6. The summed E-state index contributed by atoms with van der Waals surface area (Å²) in [5, 5.41) is 0. The number of nitrogens with zero attached hydrogens (tertiary/aromatic N) is 7. The van der Waals surface area contributed by atoms with Crippen LogP contribution in [0.5, 0.6) is 0 Å². The highest BCUT2D eigenvalue weighted by molar-refractivity contribution is 5.87. The Labute approximate surface area is 203 Å². The van der Waals surface area contributed by atoms with Gasteiger partial charge >= 0.3 is 6.18 Å². The Morgan fingerprint density at radius 1 is 1.11 bits per heavy atom. The Kier molecular flexibility index (Phi) is 5.27. The number of amides is 1. The SMILES string of the molecule is O=C([C@@H]1C[C@@H]1F)N1CCN(c2ccnc(-c3cnc4ccc(C(F)(F)F)cn34)n2)CC1C1=CCN=C1. The molecule has 6 rings (SSSR count). The van der Waals surface area contributed by atoms with Crippen LogP contribution >= 0.6 is 0 Å². The topological polar surface area (TPSA) is 79.0 Å². The molecule has 3 aliphatic rings. The molecule has 36 heavy (non-hydrogen) atoms. The van der Waals surface area contributed by atoms with Crippen molar-refractivity contribution in [2.45, 2.75) is 24.8 Å². The highest BCUT2D eigenvalue weighted by Crippen LogP contribution is 2.37. The number of piperazine rings is 1. The molecule has 0 N–H and O–H groups in total. The number of rotatable bonds is 4. The molecule has 3 atom stereocenters. The van der Waals surface area contributed by atoms with Crippen LogP contribution in [0.3, 0.4) is 0 Å². The number of pyridine rings is 1. The number of carbonyl (C=O) groups is 1. The quantitative estimate of drug-likeness (QED) is 0.516. The van der Waals surface area contributed by atoms with E-state index in [9.17, 15) is 22.4 Å². The Bertz CT molecular complexity index is 1400. The van der Waals surface area contributed by atoms with Crippen LogP contribution in [0.1, 0.15) is 12.0 Å². The maximum absolute atomic E-state index is 13.6. The second kappa shape index (κ2) is 8.38. The van der Waals surface area contributed by atoms with E-state index in [4.69, 9.17) is 0 Å². The summed E-state index contributed by atoms with van der Waals surface area (Å²) in [7, 11) is 0. The van der Waals surface area contributed by atoms with Gasteiger partial charge in [0.15, 0.2) is 5.82 Å². The number of aliphatic imine (C=N–C) groups is 1. The molecule has 5 heterocycles. The van der Waals surface area contributed by atoms with E-state index in [1.165, 1.54) is 16.7 Å². The fraction of sp³-hybridized carbons (Fsp3) is 0.375. The molecule has 2 aliphatic heterocycles. The average Bonchev–Trinajstić information content (AvgIpc) is 3.26. The summed E-state index contributed by atoms with van der Waals surface area (Å²) in [6, 6.07) is 3.71. The van der Waals surface area contributed by atoms with E-state index >= 15 is 0 Å². The first-order valence-corrected chi connectivity index (χ1v) is 11.6. The van der Waals surface area contributed by atoms with Gasteiger partial charge in [0, 0.05) is 38.2 Å². The van der Waals surface area contributed by atoms with Crippen LogP contribution in [0.25, 0.3) is 17.2 Å². The highest BCUT2D eigenvalue weighted by Gasteiger charge is 2.48. The van der Waals surface area contributed by atoms with Gasteiger partial charge < -0.3 is 9.80 Å². The number of hydrogen-bond donors (Lipinski definition) is 0. The minimum absolute atomic E-state index is 0.178. The van der Waals surface area contributed by atoms with Crippen molar-refractivity contribution >= 4 is 23.6 Å². The Morgan fingerprint density at radius 3 is 2.67 bits per heavy atom. The van der Waals surface area contributed by atoms with Gasteiger partial charge in [0.1, 0.15) is 23.3 Å². The zero-order valence-electron chi connectivity index (χ0n) is 18.9. The van der Waals surface area contributed by atoms with Gasteiger partial charge in [0.05, 0.1) is 30.3 Å². The van der Waals surface area contributed by atoms with Gasteiger partial charge in [0.25, 0.3) is 0 Å². The predicted octanol–water partition coefficient (Wildman–Crippen LogP) is 3.20. The third-order valence-corrected chi connectivity index (χ3v) is 6.78. The number of anilines is 1. The minimum Gasteiger partial charge on any atom is -0.352 e. The summed E-state index contributed by atoms with van der Waals surface area (Å²) in [4.78, 5) is 34.0. The van der Waals surface area contributed by atoms with Crippen molar-refractivity contribution in [3.63, 3.8) is 0 Å². The van der Waals surface area contributed by atoms with Crippen molar-refractivity contribution in [1.29, 1.82) is 0 Å². The molecule has 0 aromatic carbocycles. The molecule has 1 aliphatic carbocycles. The van der Waals surface area contributed by atoms with E-state index < -0.39 is 23.8 Å². The Morgan fingerprint density at radius 2 is 1.94 bits per heavy atom. The largest absolute Gasteiger partial charge is 0.417 e. The van der Waals surface area contributed by atoms with Crippen LogP contribution in [-0.2, 0) is 11.0 Å². The Balaban J connectivity index is 1.30. The summed E-state index contributed by atoms with van der Waals surface area (Å²) in [6.07, 6.45) is 2.37. The zero-order chi connectivity index (χ0) is 25.0. The molecule has 2 fully saturated rings. The van der Waals surface area contributed by atoms with Crippen molar-refractivity contribution < 1.29 is 22.4 Å². The van der Waals surface area contributed by atoms with Gasteiger partial charge in [-0.25, -0.2) is 19.3 Å². The molecular weight excluding hydrogens is 478 g/mol. The number of fused-ring (bicyclic) bond motifs is 1.